The number of rotatable bonds is 3. The number of ether oxygens (including phenoxy) is 1. The van der Waals surface area contributed by atoms with Crippen LogP contribution in [0.5, 0.6) is 5.75 Å². The zero-order valence-corrected chi connectivity index (χ0v) is 11.6. The Morgan fingerprint density at radius 1 is 1.29 bits per heavy atom. The molecule has 0 aromatic heterocycles. The largest absolute Gasteiger partial charge is 0.496 e. The molecule has 90 valence electrons. The minimum Gasteiger partial charge on any atom is -0.496 e. The number of halogens is 1. The van der Waals surface area contributed by atoms with Gasteiger partial charge in [-0.05, 0) is 46.3 Å². The summed E-state index contributed by atoms with van der Waals surface area (Å²) < 4.78 is 6.56. The highest BCUT2D eigenvalue weighted by Gasteiger charge is 2.11. The maximum atomic E-state index is 5.87. The molecule has 1 unspecified atom stereocenters. The summed E-state index contributed by atoms with van der Waals surface area (Å²) in [6.07, 6.45) is 0.835. The van der Waals surface area contributed by atoms with Crippen molar-refractivity contribution in [2.24, 2.45) is 5.73 Å². The van der Waals surface area contributed by atoms with Crippen molar-refractivity contribution in [3.63, 3.8) is 0 Å². The average Bonchev–Trinajstić information content (AvgIpc) is 2.32. The first-order valence-electron chi connectivity index (χ1n) is 5.63. The molecule has 0 aliphatic carbocycles. The quantitative estimate of drug-likeness (QED) is 0.940. The van der Waals surface area contributed by atoms with Gasteiger partial charge in [0.25, 0.3) is 0 Å². The lowest BCUT2D eigenvalue weighted by Gasteiger charge is -2.13. The normalized spacial score (nSPS) is 12.7. The van der Waals surface area contributed by atoms with Gasteiger partial charge in [-0.2, -0.15) is 0 Å². The van der Waals surface area contributed by atoms with E-state index in [0.717, 1.165) is 22.0 Å². The molecule has 3 heteroatoms. The number of methoxy groups -OCH3 is 1. The lowest BCUT2D eigenvalue weighted by Crippen LogP contribution is -2.18. The van der Waals surface area contributed by atoms with Crippen molar-refractivity contribution in [3.05, 3.63) is 40.4 Å². The number of fused-ring (bicyclic) bond motifs is 1. The Hall–Kier alpha value is -1.06. The SMILES string of the molecule is COc1cc(CC(C)N)c(Br)c2ccccc12. The van der Waals surface area contributed by atoms with E-state index >= 15 is 0 Å². The van der Waals surface area contributed by atoms with Gasteiger partial charge >= 0.3 is 0 Å². The van der Waals surface area contributed by atoms with Gasteiger partial charge in [0.2, 0.25) is 0 Å². The predicted octanol–water partition coefficient (Wildman–Crippen LogP) is 3.50. The van der Waals surface area contributed by atoms with Crippen LogP contribution in [0, 0.1) is 0 Å². The molecule has 2 nitrogen and oxygen atoms in total. The molecule has 0 saturated carbocycles. The van der Waals surface area contributed by atoms with E-state index in [4.69, 9.17) is 10.5 Å². The second-order valence-electron chi connectivity index (χ2n) is 4.28. The molecule has 0 aliphatic rings. The van der Waals surface area contributed by atoms with Crippen LogP contribution in [0.3, 0.4) is 0 Å². The van der Waals surface area contributed by atoms with Crippen LogP contribution in [0.4, 0.5) is 0 Å². The highest BCUT2D eigenvalue weighted by atomic mass is 79.9. The van der Waals surface area contributed by atoms with Crippen LogP contribution in [0.2, 0.25) is 0 Å². The van der Waals surface area contributed by atoms with Gasteiger partial charge < -0.3 is 10.5 Å². The van der Waals surface area contributed by atoms with Crippen LogP contribution in [0.25, 0.3) is 10.8 Å². The summed E-state index contributed by atoms with van der Waals surface area (Å²) in [5.74, 6) is 0.902. The summed E-state index contributed by atoms with van der Waals surface area (Å²) in [5.41, 5.74) is 7.06. The summed E-state index contributed by atoms with van der Waals surface area (Å²) in [4.78, 5) is 0. The van der Waals surface area contributed by atoms with Crippen LogP contribution < -0.4 is 10.5 Å². The van der Waals surface area contributed by atoms with E-state index in [1.807, 2.05) is 19.1 Å². The monoisotopic (exact) mass is 293 g/mol. The first-order chi connectivity index (χ1) is 8.13. The molecule has 0 bridgehead atoms. The molecule has 0 radical (unpaired) electrons. The minimum atomic E-state index is 0.136. The zero-order valence-electron chi connectivity index (χ0n) is 10.0. The standard InChI is InChI=1S/C14H16BrNO/c1-9(16)7-10-8-13(17-2)11-5-3-4-6-12(11)14(10)15/h3-6,8-9H,7,16H2,1-2H3. The molecule has 2 N–H and O–H groups in total. The van der Waals surface area contributed by atoms with Crippen molar-refractivity contribution in [3.8, 4) is 5.75 Å². The molecule has 0 spiro atoms. The van der Waals surface area contributed by atoms with Crippen molar-refractivity contribution in [1.82, 2.24) is 0 Å². The molecule has 1 atom stereocenters. The molecular weight excluding hydrogens is 278 g/mol. The molecule has 2 aromatic carbocycles. The fourth-order valence-electron chi connectivity index (χ4n) is 2.03. The van der Waals surface area contributed by atoms with Crippen LogP contribution in [0.15, 0.2) is 34.8 Å². The molecule has 0 saturated heterocycles. The Kier molecular flexibility index (Phi) is 3.69. The van der Waals surface area contributed by atoms with E-state index in [1.54, 1.807) is 7.11 Å². The third kappa shape index (κ3) is 2.45. The zero-order chi connectivity index (χ0) is 12.4. The summed E-state index contributed by atoms with van der Waals surface area (Å²) in [6.45, 7) is 2.01. The number of benzene rings is 2. The van der Waals surface area contributed by atoms with Crippen molar-refractivity contribution >= 4 is 26.7 Å². The van der Waals surface area contributed by atoms with E-state index in [9.17, 15) is 0 Å². The maximum Gasteiger partial charge on any atom is 0.127 e. The van der Waals surface area contributed by atoms with Crippen LogP contribution >= 0.6 is 15.9 Å². The van der Waals surface area contributed by atoms with Crippen molar-refractivity contribution < 1.29 is 4.74 Å². The summed E-state index contributed by atoms with van der Waals surface area (Å²) in [7, 11) is 1.70. The summed E-state index contributed by atoms with van der Waals surface area (Å²) in [6, 6.07) is 10.4. The number of nitrogens with two attached hydrogens (primary N) is 1. The lowest BCUT2D eigenvalue weighted by molar-refractivity contribution is 0.419. The molecule has 17 heavy (non-hydrogen) atoms. The second-order valence-corrected chi connectivity index (χ2v) is 5.07. The fraction of sp³-hybridized carbons (Fsp3) is 0.286. The van der Waals surface area contributed by atoms with Crippen LogP contribution in [-0.4, -0.2) is 13.2 Å². The van der Waals surface area contributed by atoms with Gasteiger partial charge in [-0.15, -0.1) is 0 Å². The third-order valence-electron chi connectivity index (χ3n) is 2.78. The van der Waals surface area contributed by atoms with Gasteiger partial charge in [0.1, 0.15) is 5.75 Å². The average molecular weight is 294 g/mol. The molecular formula is C14H16BrNO. The van der Waals surface area contributed by atoms with Crippen LogP contribution in [0.1, 0.15) is 12.5 Å². The number of hydrogen-bond donors (Lipinski definition) is 1. The molecule has 0 fully saturated rings. The van der Waals surface area contributed by atoms with E-state index in [-0.39, 0.29) is 6.04 Å². The van der Waals surface area contributed by atoms with Crippen LogP contribution in [-0.2, 0) is 6.42 Å². The number of hydrogen-bond acceptors (Lipinski definition) is 2. The predicted molar refractivity (Wildman–Crippen MR) is 75.6 cm³/mol. The van der Waals surface area contributed by atoms with E-state index in [1.165, 1.54) is 10.9 Å². The lowest BCUT2D eigenvalue weighted by atomic mass is 10.0. The highest BCUT2D eigenvalue weighted by Crippen LogP contribution is 2.35. The molecule has 0 amide bonds. The highest BCUT2D eigenvalue weighted by molar-refractivity contribution is 9.10. The molecule has 0 heterocycles. The van der Waals surface area contributed by atoms with Gasteiger partial charge in [-0.1, -0.05) is 24.3 Å². The first-order valence-corrected chi connectivity index (χ1v) is 6.42. The second kappa shape index (κ2) is 5.07. The molecule has 2 aromatic rings. The van der Waals surface area contributed by atoms with Crippen molar-refractivity contribution in [2.45, 2.75) is 19.4 Å². The Morgan fingerprint density at radius 3 is 2.53 bits per heavy atom. The smallest absolute Gasteiger partial charge is 0.127 e. The minimum absolute atomic E-state index is 0.136. The van der Waals surface area contributed by atoms with Gasteiger partial charge in [0.05, 0.1) is 7.11 Å². The molecule has 0 aliphatic heterocycles. The summed E-state index contributed by atoms with van der Waals surface area (Å²) >= 11 is 3.66. The maximum absolute atomic E-state index is 5.87. The molecule has 2 rings (SSSR count). The van der Waals surface area contributed by atoms with E-state index < -0.39 is 0 Å². The van der Waals surface area contributed by atoms with Crippen molar-refractivity contribution in [1.29, 1.82) is 0 Å². The first kappa shape index (κ1) is 12.4. The van der Waals surface area contributed by atoms with Gasteiger partial charge in [-0.3, -0.25) is 0 Å². The van der Waals surface area contributed by atoms with Gasteiger partial charge in [-0.25, -0.2) is 0 Å². The topological polar surface area (TPSA) is 35.2 Å². The Balaban J connectivity index is 2.67. The van der Waals surface area contributed by atoms with Crippen molar-refractivity contribution in [2.75, 3.05) is 7.11 Å². The van der Waals surface area contributed by atoms with Gasteiger partial charge in [0, 0.05) is 15.9 Å². The van der Waals surface area contributed by atoms with E-state index in [0.29, 0.717) is 0 Å². The third-order valence-corrected chi connectivity index (χ3v) is 3.71. The Bertz CT molecular complexity index is 537. The summed E-state index contributed by atoms with van der Waals surface area (Å²) in [5, 5.41) is 2.29. The van der Waals surface area contributed by atoms with Gasteiger partial charge in [0.15, 0.2) is 0 Å². The fourth-order valence-corrected chi connectivity index (χ4v) is 2.65. The Labute approximate surface area is 110 Å². The van der Waals surface area contributed by atoms with E-state index in [2.05, 4.69) is 34.1 Å². The Morgan fingerprint density at radius 2 is 1.94 bits per heavy atom.